The zero-order valence-corrected chi connectivity index (χ0v) is 16.9. The second-order valence-corrected chi connectivity index (χ2v) is 8.14. The Kier molecular flexibility index (Phi) is 6.14. The molecule has 2 heterocycles. The summed E-state index contributed by atoms with van der Waals surface area (Å²) < 4.78 is 18.7. The average Bonchev–Trinajstić information content (AvgIpc) is 2.71. The zero-order chi connectivity index (χ0) is 20.2. The van der Waals surface area contributed by atoms with Crippen LogP contribution in [0.15, 0.2) is 48.5 Å². The summed E-state index contributed by atoms with van der Waals surface area (Å²) in [6.45, 7) is 3.42. The van der Waals surface area contributed by atoms with Gasteiger partial charge in [-0.25, -0.2) is 4.39 Å². The molecule has 2 aromatic carbocycles. The van der Waals surface area contributed by atoms with Gasteiger partial charge in [-0.05, 0) is 74.6 Å². The normalized spacial score (nSPS) is 24.1. The van der Waals surface area contributed by atoms with Gasteiger partial charge in [0.15, 0.2) is 0 Å². The summed E-state index contributed by atoms with van der Waals surface area (Å²) in [5, 5.41) is 3.25. The van der Waals surface area contributed by atoms with Crippen LogP contribution < -0.4 is 10.1 Å². The summed E-state index contributed by atoms with van der Waals surface area (Å²) in [5.41, 5.74) is 1.83. The van der Waals surface area contributed by atoms with Gasteiger partial charge in [0, 0.05) is 30.2 Å². The minimum Gasteiger partial charge on any atom is -0.494 e. The topological polar surface area (TPSA) is 41.6 Å². The molecule has 5 heteroatoms. The van der Waals surface area contributed by atoms with Gasteiger partial charge in [-0.15, -0.1) is 0 Å². The van der Waals surface area contributed by atoms with E-state index < -0.39 is 0 Å². The molecule has 0 saturated carbocycles. The fourth-order valence-electron chi connectivity index (χ4n) is 4.79. The highest BCUT2D eigenvalue weighted by Crippen LogP contribution is 2.35. The van der Waals surface area contributed by atoms with Gasteiger partial charge in [-0.3, -0.25) is 9.69 Å². The van der Waals surface area contributed by atoms with Crippen molar-refractivity contribution in [2.45, 2.75) is 63.7 Å². The first kappa shape index (κ1) is 19.9. The molecule has 2 fully saturated rings. The molecule has 0 radical (unpaired) electrons. The van der Waals surface area contributed by atoms with Crippen LogP contribution in [-0.4, -0.2) is 35.5 Å². The number of nitrogens with one attached hydrogen (secondary N) is 1. The Labute approximate surface area is 172 Å². The van der Waals surface area contributed by atoms with E-state index in [1.165, 1.54) is 18.6 Å². The highest BCUT2D eigenvalue weighted by Gasteiger charge is 2.38. The van der Waals surface area contributed by atoms with Crippen molar-refractivity contribution >= 4 is 5.91 Å². The number of piperidine rings is 2. The molecule has 2 saturated heterocycles. The molecule has 1 N–H and O–H groups in total. The molecule has 2 atom stereocenters. The van der Waals surface area contributed by atoms with Crippen molar-refractivity contribution in [2.24, 2.45) is 0 Å². The molecule has 0 aromatic heterocycles. The molecule has 154 valence electrons. The lowest BCUT2D eigenvalue weighted by Crippen LogP contribution is -2.56. The summed E-state index contributed by atoms with van der Waals surface area (Å²) in [6, 6.07) is 15.3. The van der Waals surface area contributed by atoms with Crippen LogP contribution in [0.5, 0.6) is 5.75 Å². The lowest BCUT2D eigenvalue weighted by atomic mass is 9.81. The molecule has 0 spiro atoms. The second-order valence-electron chi connectivity index (χ2n) is 8.14. The van der Waals surface area contributed by atoms with E-state index in [2.05, 4.69) is 10.2 Å². The quantitative estimate of drug-likeness (QED) is 0.779. The van der Waals surface area contributed by atoms with E-state index in [1.54, 1.807) is 0 Å². The third-order valence-electron chi connectivity index (χ3n) is 6.17. The van der Waals surface area contributed by atoms with Crippen LogP contribution in [0.4, 0.5) is 4.39 Å². The molecule has 2 unspecified atom stereocenters. The molecule has 4 rings (SSSR count). The lowest BCUT2D eigenvalue weighted by molar-refractivity contribution is 0.0177. The van der Waals surface area contributed by atoms with Crippen LogP contribution in [0.3, 0.4) is 0 Å². The standard InChI is InChI=1S/C24H29FN2O2/c1-2-29-23-12-8-18(9-13-23)24(28)26-20-14-21-4-3-5-22(15-20)27(21)16-17-6-10-19(25)11-7-17/h6-13,20-22H,2-5,14-16H2,1H3,(H,26,28). The lowest BCUT2D eigenvalue weighted by Gasteiger charge is -2.49. The zero-order valence-electron chi connectivity index (χ0n) is 16.9. The monoisotopic (exact) mass is 396 g/mol. The van der Waals surface area contributed by atoms with Crippen molar-refractivity contribution in [2.75, 3.05) is 6.61 Å². The fourth-order valence-corrected chi connectivity index (χ4v) is 4.79. The Balaban J connectivity index is 1.37. The predicted octanol–water partition coefficient (Wildman–Crippen LogP) is 4.54. The van der Waals surface area contributed by atoms with Crippen LogP contribution in [-0.2, 0) is 6.54 Å². The Morgan fingerprint density at radius 2 is 1.72 bits per heavy atom. The van der Waals surface area contributed by atoms with E-state index >= 15 is 0 Å². The molecule has 2 aromatic rings. The van der Waals surface area contributed by atoms with Gasteiger partial charge in [-0.1, -0.05) is 18.6 Å². The smallest absolute Gasteiger partial charge is 0.251 e. The minimum atomic E-state index is -0.190. The van der Waals surface area contributed by atoms with E-state index in [9.17, 15) is 9.18 Å². The number of rotatable bonds is 6. The van der Waals surface area contributed by atoms with Crippen molar-refractivity contribution < 1.29 is 13.9 Å². The highest BCUT2D eigenvalue weighted by molar-refractivity contribution is 5.94. The van der Waals surface area contributed by atoms with Crippen molar-refractivity contribution in [1.29, 1.82) is 0 Å². The van der Waals surface area contributed by atoms with E-state index in [0.717, 1.165) is 43.5 Å². The molecular formula is C24H29FN2O2. The minimum absolute atomic E-state index is 0.0110. The van der Waals surface area contributed by atoms with Gasteiger partial charge in [0.25, 0.3) is 5.91 Å². The molecule has 0 aliphatic carbocycles. The number of hydrogen-bond donors (Lipinski definition) is 1. The first-order chi connectivity index (χ1) is 14.1. The summed E-state index contributed by atoms with van der Waals surface area (Å²) in [5.74, 6) is 0.584. The van der Waals surface area contributed by atoms with E-state index in [1.807, 2.05) is 43.3 Å². The molecule has 29 heavy (non-hydrogen) atoms. The first-order valence-corrected chi connectivity index (χ1v) is 10.7. The maximum Gasteiger partial charge on any atom is 0.251 e. The Morgan fingerprint density at radius 3 is 2.34 bits per heavy atom. The van der Waals surface area contributed by atoms with E-state index in [-0.39, 0.29) is 17.8 Å². The van der Waals surface area contributed by atoms with Gasteiger partial charge in [0.2, 0.25) is 0 Å². The van der Waals surface area contributed by atoms with E-state index in [4.69, 9.17) is 4.74 Å². The molecular weight excluding hydrogens is 367 g/mol. The maximum absolute atomic E-state index is 13.2. The Morgan fingerprint density at radius 1 is 1.07 bits per heavy atom. The maximum atomic E-state index is 13.2. The largest absolute Gasteiger partial charge is 0.494 e. The molecule has 4 nitrogen and oxygen atoms in total. The van der Waals surface area contributed by atoms with Gasteiger partial charge in [0.05, 0.1) is 6.61 Å². The van der Waals surface area contributed by atoms with Crippen molar-refractivity contribution in [3.63, 3.8) is 0 Å². The molecule has 2 aliphatic heterocycles. The Hall–Kier alpha value is -2.40. The number of carbonyl (C=O) groups is 1. The van der Waals surface area contributed by atoms with Crippen molar-refractivity contribution in [3.8, 4) is 5.75 Å². The predicted molar refractivity (Wildman–Crippen MR) is 111 cm³/mol. The molecule has 2 aliphatic rings. The summed E-state index contributed by atoms with van der Waals surface area (Å²) in [7, 11) is 0. The third-order valence-corrected chi connectivity index (χ3v) is 6.17. The SMILES string of the molecule is CCOc1ccc(C(=O)NC2CC3CCCC(C2)N3Cc2ccc(F)cc2)cc1. The van der Waals surface area contributed by atoms with Gasteiger partial charge >= 0.3 is 0 Å². The molecule has 1 amide bonds. The summed E-state index contributed by atoms with van der Waals surface area (Å²) in [4.78, 5) is 15.3. The van der Waals surface area contributed by atoms with Crippen LogP contribution in [0, 0.1) is 5.82 Å². The van der Waals surface area contributed by atoms with Crippen LogP contribution in [0.2, 0.25) is 0 Å². The number of benzene rings is 2. The van der Waals surface area contributed by atoms with Gasteiger partial charge < -0.3 is 10.1 Å². The number of hydrogen-bond acceptors (Lipinski definition) is 3. The molecule has 2 bridgehead atoms. The summed E-state index contributed by atoms with van der Waals surface area (Å²) >= 11 is 0. The van der Waals surface area contributed by atoms with Gasteiger partial charge in [0.1, 0.15) is 11.6 Å². The van der Waals surface area contributed by atoms with Crippen molar-refractivity contribution in [1.82, 2.24) is 10.2 Å². The number of nitrogens with zero attached hydrogens (tertiary/aromatic N) is 1. The highest BCUT2D eigenvalue weighted by atomic mass is 19.1. The first-order valence-electron chi connectivity index (χ1n) is 10.7. The second kappa shape index (κ2) is 8.95. The van der Waals surface area contributed by atoms with Gasteiger partial charge in [-0.2, -0.15) is 0 Å². The van der Waals surface area contributed by atoms with Crippen LogP contribution in [0.25, 0.3) is 0 Å². The number of fused-ring (bicyclic) bond motifs is 2. The number of ether oxygens (including phenoxy) is 1. The number of halogens is 1. The van der Waals surface area contributed by atoms with Crippen LogP contribution in [0.1, 0.15) is 54.9 Å². The fraction of sp³-hybridized carbons (Fsp3) is 0.458. The van der Waals surface area contributed by atoms with Crippen LogP contribution >= 0.6 is 0 Å². The van der Waals surface area contributed by atoms with E-state index in [0.29, 0.717) is 24.3 Å². The average molecular weight is 397 g/mol. The Bertz CT molecular complexity index is 808. The number of amides is 1. The summed E-state index contributed by atoms with van der Waals surface area (Å²) in [6.07, 6.45) is 5.51. The number of carbonyl (C=O) groups excluding carboxylic acids is 1. The van der Waals surface area contributed by atoms with Crippen molar-refractivity contribution in [3.05, 3.63) is 65.5 Å². The third kappa shape index (κ3) is 4.78.